The zero-order valence-corrected chi connectivity index (χ0v) is 13.5. The van der Waals surface area contributed by atoms with Crippen molar-refractivity contribution in [1.82, 2.24) is 9.62 Å². The molecule has 8 heteroatoms. The van der Waals surface area contributed by atoms with Crippen molar-refractivity contribution in [1.29, 1.82) is 0 Å². The molecule has 1 N–H and O–H groups in total. The first-order valence-corrected chi connectivity index (χ1v) is 8.86. The third-order valence-corrected chi connectivity index (χ3v) is 5.91. The van der Waals surface area contributed by atoms with E-state index in [0.717, 1.165) is 0 Å². The number of amides is 1. The van der Waals surface area contributed by atoms with Crippen LogP contribution in [0.5, 0.6) is 0 Å². The first kappa shape index (κ1) is 15.5. The summed E-state index contributed by atoms with van der Waals surface area (Å²) in [6.45, 7) is 2.54. The third-order valence-electron chi connectivity index (χ3n) is 3.41. The maximum atomic E-state index is 12.0. The predicted octanol–water partition coefficient (Wildman–Crippen LogP) is 1.59. The fraction of sp³-hybridized carbons (Fsp3) is 0.583. The topological polar surface area (TPSA) is 79.6 Å². The number of hydrogen-bond donors (Lipinski definition) is 1. The van der Waals surface area contributed by atoms with E-state index in [4.69, 9.17) is 4.42 Å². The lowest BCUT2D eigenvalue weighted by Gasteiger charge is -2.31. The molecule has 0 bridgehead atoms. The highest BCUT2D eigenvalue weighted by molar-refractivity contribution is 9.10. The van der Waals surface area contributed by atoms with E-state index >= 15 is 0 Å². The fourth-order valence-corrected chi connectivity index (χ4v) is 3.73. The first-order valence-electron chi connectivity index (χ1n) is 6.45. The van der Waals surface area contributed by atoms with Crippen LogP contribution in [0.15, 0.2) is 21.4 Å². The summed E-state index contributed by atoms with van der Waals surface area (Å²) in [4.78, 5) is 12.0. The number of piperidine rings is 1. The SMILES string of the molecule is CCS(=O)(=O)N1CCC(NC(=O)c2ccoc2Br)CC1. The van der Waals surface area contributed by atoms with E-state index in [2.05, 4.69) is 21.2 Å². The van der Waals surface area contributed by atoms with Gasteiger partial charge in [-0.1, -0.05) is 0 Å². The van der Waals surface area contributed by atoms with Crippen LogP contribution in [0.3, 0.4) is 0 Å². The highest BCUT2D eigenvalue weighted by atomic mass is 79.9. The van der Waals surface area contributed by atoms with Gasteiger partial charge in [-0.15, -0.1) is 0 Å². The molecule has 1 aliphatic rings. The van der Waals surface area contributed by atoms with Gasteiger partial charge in [-0.3, -0.25) is 4.79 Å². The summed E-state index contributed by atoms with van der Waals surface area (Å²) < 4.78 is 30.4. The molecular formula is C12H17BrN2O4S. The average Bonchev–Trinajstić information content (AvgIpc) is 2.85. The van der Waals surface area contributed by atoms with Crippen molar-refractivity contribution < 1.29 is 17.6 Å². The number of carbonyl (C=O) groups is 1. The van der Waals surface area contributed by atoms with Crippen LogP contribution in [0.2, 0.25) is 0 Å². The van der Waals surface area contributed by atoms with Crippen molar-refractivity contribution in [3.63, 3.8) is 0 Å². The Bertz CT molecular complexity index is 576. The van der Waals surface area contributed by atoms with E-state index in [-0.39, 0.29) is 17.7 Å². The number of halogens is 1. The molecule has 0 unspecified atom stereocenters. The van der Waals surface area contributed by atoms with Gasteiger partial charge in [0.1, 0.15) is 0 Å². The van der Waals surface area contributed by atoms with Crippen LogP contribution >= 0.6 is 15.9 Å². The summed E-state index contributed by atoms with van der Waals surface area (Å²) in [5.74, 6) is -0.0890. The minimum Gasteiger partial charge on any atom is -0.457 e. The molecule has 2 heterocycles. The van der Waals surface area contributed by atoms with Crippen molar-refractivity contribution in [2.24, 2.45) is 0 Å². The van der Waals surface area contributed by atoms with Crippen LogP contribution in [0.4, 0.5) is 0 Å². The van der Waals surface area contributed by atoms with Gasteiger partial charge in [0.05, 0.1) is 17.6 Å². The Balaban J connectivity index is 1.89. The van der Waals surface area contributed by atoms with Gasteiger partial charge in [-0.2, -0.15) is 0 Å². The second-order valence-electron chi connectivity index (χ2n) is 4.66. The molecule has 0 spiro atoms. The van der Waals surface area contributed by atoms with E-state index in [1.165, 1.54) is 10.6 Å². The number of rotatable bonds is 4. The zero-order valence-electron chi connectivity index (χ0n) is 11.1. The Kier molecular flexibility index (Phi) is 4.87. The monoisotopic (exact) mass is 364 g/mol. The van der Waals surface area contributed by atoms with Crippen LogP contribution < -0.4 is 5.32 Å². The molecule has 20 heavy (non-hydrogen) atoms. The second-order valence-corrected chi connectivity index (χ2v) is 7.63. The van der Waals surface area contributed by atoms with Crippen LogP contribution in [0.1, 0.15) is 30.1 Å². The molecule has 2 rings (SSSR count). The molecule has 112 valence electrons. The maximum Gasteiger partial charge on any atom is 0.255 e. The van der Waals surface area contributed by atoms with Gasteiger partial charge in [0, 0.05) is 19.1 Å². The Morgan fingerprint density at radius 3 is 2.65 bits per heavy atom. The van der Waals surface area contributed by atoms with Gasteiger partial charge >= 0.3 is 0 Å². The quantitative estimate of drug-likeness (QED) is 0.879. The summed E-state index contributed by atoms with van der Waals surface area (Å²) in [5, 5.41) is 2.90. The van der Waals surface area contributed by atoms with E-state index in [1.54, 1.807) is 13.0 Å². The molecule has 1 saturated heterocycles. The van der Waals surface area contributed by atoms with Crippen LogP contribution in [-0.4, -0.2) is 43.5 Å². The van der Waals surface area contributed by atoms with E-state index in [1.807, 2.05) is 0 Å². The number of nitrogens with zero attached hydrogens (tertiary/aromatic N) is 1. The van der Waals surface area contributed by atoms with E-state index in [0.29, 0.717) is 36.2 Å². The number of sulfonamides is 1. The van der Waals surface area contributed by atoms with Gasteiger partial charge in [0.2, 0.25) is 10.0 Å². The molecule has 6 nitrogen and oxygen atoms in total. The molecule has 1 fully saturated rings. The lowest BCUT2D eigenvalue weighted by molar-refractivity contribution is 0.0922. The first-order chi connectivity index (χ1) is 9.44. The van der Waals surface area contributed by atoms with E-state index < -0.39 is 10.0 Å². The summed E-state index contributed by atoms with van der Waals surface area (Å²) in [7, 11) is -3.12. The Labute approximate surface area is 126 Å². The number of hydrogen-bond acceptors (Lipinski definition) is 4. The van der Waals surface area contributed by atoms with Crippen LogP contribution in [-0.2, 0) is 10.0 Å². The second kappa shape index (κ2) is 6.28. The van der Waals surface area contributed by atoms with Gasteiger partial charge in [-0.05, 0) is 41.8 Å². The molecule has 0 aromatic carbocycles. The van der Waals surface area contributed by atoms with Crippen molar-refractivity contribution in [3.8, 4) is 0 Å². The molecule has 1 aromatic rings. The van der Waals surface area contributed by atoms with Crippen LogP contribution in [0, 0.1) is 0 Å². The summed E-state index contributed by atoms with van der Waals surface area (Å²) in [5.41, 5.74) is 0.452. The van der Waals surface area contributed by atoms with Crippen molar-refractivity contribution >= 4 is 31.9 Å². The van der Waals surface area contributed by atoms with E-state index in [9.17, 15) is 13.2 Å². The Morgan fingerprint density at radius 2 is 2.15 bits per heavy atom. The predicted molar refractivity (Wildman–Crippen MR) is 77.9 cm³/mol. The number of carbonyl (C=O) groups excluding carboxylic acids is 1. The highest BCUT2D eigenvalue weighted by Gasteiger charge is 2.28. The molecule has 1 aromatic heterocycles. The smallest absolute Gasteiger partial charge is 0.255 e. The van der Waals surface area contributed by atoms with Crippen molar-refractivity contribution in [3.05, 3.63) is 22.6 Å². The maximum absolute atomic E-state index is 12.0. The minimum absolute atomic E-state index is 0.00685. The Morgan fingerprint density at radius 1 is 1.50 bits per heavy atom. The summed E-state index contributed by atoms with van der Waals surface area (Å²) in [6, 6.07) is 1.59. The lowest BCUT2D eigenvalue weighted by Crippen LogP contribution is -2.46. The zero-order chi connectivity index (χ0) is 14.8. The molecule has 0 radical (unpaired) electrons. The minimum atomic E-state index is -3.12. The van der Waals surface area contributed by atoms with Gasteiger partial charge in [0.25, 0.3) is 5.91 Å². The highest BCUT2D eigenvalue weighted by Crippen LogP contribution is 2.19. The van der Waals surface area contributed by atoms with Gasteiger partial charge in [-0.25, -0.2) is 12.7 Å². The molecule has 0 atom stereocenters. The fourth-order valence-electron chi connectivity index (χ4n) is 2.18. The van der Waals surface area contributed by atoms with Gasteiger partial charge in [0.15, 0.2) is 4.67 Å². The average molecular weight is 365 g/mol. The lowest BCUT2D eigenvalue weighted by atomic mass is 10.1. The number of nitrogens with one attached hydrogen (secondary N) is 1. The standard InChI is InChI=1S/C12H17BrN2O4S/c1-2-20(17,18)15-6-3-9(4-7-15)14-12(16)10-5-8-19-11(10)13/h5,8-9H,2-4,6-7H2,1H3,(H,14,16). The molecule has 1 amide bonds. The molecule has 0 aliphatic carbocycles. The third kappa shape index (κ3) is 3.42. The van der Waals surface area contributed by atoms with Crippen molar-refractivity contribution in [2.75, 3.05) is 18.8 Å². The summed E-state index contributed by atoms with van der Waals surface area (Å²) in [6.07, 6.45) is 2.69. The molecular weight excluding hydrogens is 348 g/mol. The molecule has 0 saturated carbocycles. The Hall–Kier alpha value is -0.860. The number of furan rings is 1. The van der Waals surface area contributed by atoms with Crippen molar-refractivity contribution in [2.45, 2.75) is 25.8 Å². The summed E-state index contributed by atoms with van der Waals surface area (Å²) >= 11 is 3.16. The largest absolute Gasteiger partial charge is 0.457 e. The van der Waals surface area contributed by atoms with Crippen LogP contribution in [0.25, 0.3) is 0 Å². The molecule has 1 aliphatic heterocycles. The van der Waals surface area contributed by atoms with Gasteiger partial charge < -0.3 is 9.73 Å². The normalized spacial score (nSPS) is 18.1.